The van der Waals surface area contributed by atoms with E-state index in [2.05, 4.69) is 5.32 Å². The summed E-state index contributed by atoms with van der Waals surface area (Å²) in [7, 11) is 0. The number of carbonyl (C=O) groups is 1. The fourth-order valence-electron chi connectivity index (χ4n) is 1.97. The molecule has 1 fully saturated rings. The van der Waals surface area contributed by atoms with Crippen LogP contribution in [0.1, 0.15) is 44.9 Å². The molecule has 0 aromatic rings. The van der Waals surface area contributed by atoms with Crippen molar-refractivity contribution in [3.05, 3.63) is 0 Å². The molecule has 1 saturated carbocycles. The van der Waals surface area contributed by atoms with Gasteiger partial charge in [0.25, 0.3) is 0 Å². The average Bonchev–Trinajstić information content (AvgIpc) is 2.67. The summed E-state index contributed by atoms with van der Waals surface area (Å²) in [5.74, 6) is 0.843. The van der Waals surface area contributed by atoms with Gasteiger partial charge in [0.05, 0.1) is 6.07 Å². The monoisotopic (exact) mass is 194 g/mol. The number of nitrogens with one attached hydrogen (secondary N) is 1. The van der Waals surface area contributed by atoms with E-state index in [1.165, 1.54) is 25.7 Å². The lowest BCUT2D eigenvalue weighted by Gasteiger charge is -2.08. The molecule has 14 heavy (non-hydrogen) atoms. The van der Waals surface area contributed by atoms with E-state index in [-0.39, 0.29) is 5.91 Å². The summed E-state index contributed by atoms with van der Waals surface area (Å²) < 4.78 is 0. The highest BCUT2D eigenvalue weighted by molar-refractivity contribution is 5.75. The van der Waals surface area contributed by atoms with Crippen LogP contribution in [0.5, 0.6) is 0 Å². The first-order chi connectivity index (χ1) is 6.83. The van der Waals surface area contributed by atoms with E-state index in [4.69, 9.17) is 5.26 Å². The Hall–Kier alpha value is -1.04. The minimum absolute atomic E-state index is 0.0181. The van der Waals surface area contributed by atoms with Crippen LogP contribution in [0.3, 0.4) is 0 Å². The van der Waals surface area contributed by atoms with Crippen LogP contribution < -0.4 is 5.32 Å². The van der Waals surface area contributed by atoms with Crippen LogP contribution in [-0.4, -0.2) is 12.5 Å². The Morgan fingerprint density at radius 1 is 1.43 bits per heavy atom. The minimum atomic E-state index is 0.0181. The molecule has 3 nitrogen and oxygen atoms in total. The van der Waals surface area contributed by atoms with E-state index >= 15 is 0 Å². The van der Waals surface area contributed by atoms with Gasteiger partial charge in [0, 0.05) is 19.4 Å². The number of nitrogens with zero attached hydrogens (tertiary/aromatic N) is 1. The highest BCUT2D eigenvalue weighted by Gasteiger charge is 2.14. The predicted molar refractivity (Wildman–Crippen MR) is 54.4 cm³/mol. The maximum Gasteiger partial charge on any atom is 0.221 e. The van der Waals surface area contributed by atoms with Crippen molar-refractivity contribution in [2.45, 2.75) is 44.9 Å². The van der Waals surface area contributed by atoms with Crippen LogP contribution in [0, 0.1) is 17.2 Å². The van der Waals surface area contributed by atoms with Crippen LogP contribution in [0.15, 0.2) is 0 Å². The summed E-state index contributed by atoms with van der Waals surface area (Å²) in [6.45, 7) is 0.787. The molecule has 0 unspecified atom stereocenters. The third kappa shape index (κ3) is 4.27. The van der Waals surface area contributed by atoms with Crippen molar-refractivity contribution in [2.75, 3.05) is 6.54 Å². The van der Waals surface area contributed by atoms with Crippen molar-refractivity contribution < 1.29 is 4.79 Å². The second-order valence-electron chi connectivity index (χ2n) is 3.95. The molecule has 1 amide bonds. The fourth-order valence-corrected chi connectivity index (χ4v) is 1.97. The number of amides is 1. The molecular weight excluding hydrogens is 176 g/mol. The number of rotatable bonds is 5. The number of nitriles is 1. The van der Waals surface area contributed by atoms with Gasteiger partial charge in [0.15, 0.2) is 0 Å². The van der Waals surface area contributed by atoms with Gasteiger partial charge in [-0.05, 0) is 12.3 Å². The summed E-state index contributed by atoms with van der Waals surface area (Å²) in [5.41, 5.74) is 0. The summed E-state index contributed by atoms with van der Waals surface area (Å²) in [6, 6.07) is 1.97. The molecule has 0 heterocycles. The second-order valence-corrected chi connectivity index (χ2v) is 3.95. The van der Waals surface area contributed by atoms with E-state index in [1.54, 1.807) is 0 Å². The highest BCUT2D eigenvalue weighted by Crippen LogP contribution is 2.26. The molecule has 0 saturated heterocycles. The van der Waals surface area contributed by atoms with Gasteiger partial charge in [-0.2, -0.15) is 5.26 Å². The first kappa shape index (κ1) is 11.0. The maximum absolute atomic E-state index is 11.1. The molecule has 3 heteroatoms. The average molecular weight is 194 g/mol. The first-order valence-electron chi connectivity index (χ1n) is 5.46. The zero-order valence-corrected chi connectivity index (χ0v) is 8.59. The van der Waals surface area contributed by atoms with Crippen molar-refractivity contribution in [1.82, 2.24) is 5.32 Å². The molecule has 0 aliphatic heterocycles. The van der Waals surface area contributed by atoms with Crippen molar-refractivity contribution >= 4 is 5.91 Å². The Morgan fingerprint density at radius 2 is 2.14 bits per heavy atom. The Labute approximate surface area is 85.5 Å². The van der Waals surface area contributed by atoms with E-state index < -0.39 is 0 Å². The van der Waals surface area contributed by atoms with E-state index in [0.717, 1.165) is 18.9 Å². The molecule has 78 valence electrons. The van der Waals surface area contributed by atoms with Crippen molar-refractivity contribution in [2.24, 2.45) is 5.92 Å². The van der Waals surface area contributed by atoms with Crippen molar-refractivity contribution in [1.29, 1.82) is 5.26 Å². The van der Waals surface area contributed by atoms with E-state index in [9.17, 15) is 4.79 Å². The number of carbonyl (C=O) groups excluding carboxylic acids is 1. The zero-order chi connectivity index (χ0) is 10.2. The van der Waals surface area contributed by atoms with Gasteiger partial charge >= 0.3 is 0 Å². The lowest BCUT2D eigenvalue weighted by molar-refractivity contribution is -0.121. The molecule has 0 aromatic carbocycles. The Kier molecular flexibility index (Phi) is 5.06. The molecule has 0 spiro atoms. The molecule has 1 aliphatic rings. The summed E-state index contributed by atoms with van der Waals surface area (Å²) in [4.78, 5) is 11.1. The summed E-state index contributed by atoms with van der Waals surface area (Å²) in [6.07, 6.45) is 7.15. The fraction of sp³-hybridized carbons (Fsp3) is 0.818. The third-order valence-corrected chi connectivity index (χ3v) is 2.81. The number of hydrogen-bond donors (Lipinski definition) is 1. The number of hydrogen-bond acceptors (Lipinski definition) is 2. The van der Waals surface area contributed by atoms with Gasteiger partial charge in [-0.15, -0.1) is 0 Å². The lowest BCUT2D eigenvalue weighted by atomic mass is 10.0. The zero-order valence-electron chi connectivity index (χ0n) is 8.59. The topological polar surface area (TPSA) is 52.9 Å². The van der Waals surface area contributed by atoms with Gasteiger partial charge in [0.1, 0.15) is 0 Å². The summed E-state index contributed by atoms with van der Waals surface area (Å²) in [5, 5.41) is 11.1. The van der Waals surface area contributed by atoms with Crippen LogP contribution in [0.4, 0.5) is 0 Å². The molecule has 0 radical (unpaired) electrons. The third-order valence-electron chi connectivity index (χ3n) is 2.81. The van der Waals surface area contributed by atoms with E-state index in [0.29, 0.717) is 12.8 Å². The molecular formula is C11H18N2O. The lowest BCUT2D eigenvalue weighted by Crippen LogP contribution is -2.25. The van der Waals surface area contributed by atoms with Gasteiger partial charge in [-0.25, -0.2) is 0 Å². The van der Waals surface area contributed by atoms with Crippen molar-refractivity contribution in [3.8, 4) is 6.07 Å². The van der Waals surface area contributed by atoms with Crippen LogP contribution >= 0.6 is 0 Å². The van der Waals surface area contributed by atoms with Gasteiger partial charge < -0.3 is 5.32 Å². The van der Waals surface area contributed by atoms with Gasteiger partial charge in [0.2, 0.25) is 5.91 Å². The molecule has 1 N–H and O–H groups in total. The molecule has 0 bridgehead atoms. The van der Waals surface area contributed by atoms with Crippen LogP contribution in [-0.2, 0) is 4.79 Å². The normalized spacial score (nSPS) is 16.5. The predicted octanol–water partition coefficient (Wildman–Crippen LogP) is 1.99. The molecule has 1 rings (SSSR count). The molecule has 0 atom stereocenters. The second kappa shape index (κ2) is 6.42. The highest BCUT2D eigenvalue weighted by atomic mass is 16.1. The minimum Gasteiger partial charge on any atom is -0.356 e. The summed E-state index contributed by atoms with van der Waals surface area (Å²) >= 11 is 0. The van der Waals surface area contributed by atoms with Crippen LogP contribution in [0.25, 0.3) is 0 Å². The molecule has 0 aromatic heterocycles. The first-order valence-corrected chi connectivity index (χ1v) is 5.46. The Balaban J connectivity index is 1.97. The standard InChI is InChI=1S/C11H18N2O/c12-8-3-6-11(14)13-9-7-10-4-1-2-5-10/h10H,1-7,9H2,(H,13,14). The molecule has 1 aliphatic carbocycles. The van der Waals surface area contributed by atoms with E-state index in [1.807, 2.05) is 6.07 Å². The van der Waals surface area contributed by atoms with Gasteiger partial charge in [-0.3, -0.25) is 4.79 Å². The van der Waals surface area contributed by atoms with Crippen LogP contribution in [0.2, 0.25) is 0 Å². The SMILES string of the molecule is N#CCCC(=O)NCCC1CCCC1. The van der Waals surface area contributed by atoms with Crippen molar-refractivity contribution in [3.63, 3.8) is 0 Å². The van der Waals surface area contributed by atoms with Gasteiger partial charge in [-0.1, -0.05) is 25.7 Å². The quantitative estimate of drug-likeness (QED) is 0.727. The Bertz CT molecular complexity index is 214. The Morgan fingerprint density at radius 3 is 2.79 bits per heavy atom. The largest absolute Gasteiger partial charge is 0.356 e. The smallest absolute Gasteiger partial charge is 0.221 e. The maximum atomic E-state index is 11.1.